The summed E-state index contributed by atoms with van der Waals surface area (Å²) >= 11 is 4.24. The molecule has 2 aromatic heterocycles. The van der Waals surface area contributed by atoms with Crippen molar-refractivity contribution in [2.75, 3.05) is 14.7 Å². The van der Waals surface area contributed by atoms with E-state index in [1.165, 1.54) is 179 Å². The molecule has 16 rings (SSSR count). The SMILES string of the molecule is CC1(C)CCC(C)(C)c2cc(N3c4cc(N5c6ccccc6C6(C)CCCCC56C)cc5c4B(c4sc6cc7c(cc6c43)C(C)(C)CCC7(C)C)c3sc4cc6c(cc4c3N5c3ccc4c(c3)C(C)(C)CCC4(C)C)C(C)(C)CCC6(C)C)ccc21. The van der Waals surface area contributed by atoms with E-state index in [2.05, 4.69) is 259 Å². The van der Waals surface area contributed by atoms with Crippen LogP contribution in [0.1, 0.15) is 252 Å². The molecule has 3 aliphatic heterocycles. The Hall–Kier alpha value is -5.30. The molecule has 0 N–H and O–H groups in total. The Bertz CT molecular complexity index is 4060. The molecule has 3 nitrogen and oxygen atoms in total. The van der Waals surface area contributed by atoms with Crippen molar-refractivity contribution < 1.29 is 0 Å². The maximum absolute atomic E-state index is 2.89. The topological polar surface area (TPSA) is 9.72 Å². The summed E-state index contributed by atoms with van der Waals surface area (Å²) in [4.78, 5) is 8.62. The van der Waals surface area contributed by atoms with Gasteiger partial charge in [0.25, 0.3) is 6.71 Å². The number of fused-ring (bicyclic) bond motifs is 15. The summed E-state index contributed by atoms with van der Waals surface area (Å²) in [5.41, 5.74) is 26.4. The molecule has 0 spiro atoms. The van der Waals surface area contributed by atoms with Gasteiger partial charge >= 0.3 is 0 Å². The molecule has 0 saturated heterocycles. The molecule has 6 heteroatoms. The van der Waals surface area contributed by atoms with Gasteiger partial charge in [0.15, 0.2) is 0 Å². The van der Waals surface area contributed by atoms with Gasteiger partial charge in [0.2, 0.25) is 0 Å². The van der Waals surface area contributed by atoms with Crippen LogP contribution in [0.15, 0.2) is 97.1 Å². The molecule has 0 bridgehead atoms. The number of nitrogens with zero attached hydrogens (tertiary/aromatic N) is 3. The summed E-state index contributed by atoms with van der Waals surface area (Å²) in [6.07, 6.45) is 14.4. The minimum atomic E-state index is -0.132. The van der Waals surface area contributed by atoms with Crippen molar-refractivity contribution in [1.82, 2.24) is 0 Å². The third-order valence-electron chi connectivity index (χ3n) is 25.6. The summed E-state index contributed by atoms with van der Waals surface area (Å²) in [5, 5.41) is 2.85. The number of hydrogen-bond donors (Lipinski definition) is 0. The summed E-state index contributed by atoms with van der Waals surface area (Å²) in [5.74, 6) is 0. The van der Waals surface area contributed by atoms with E-state index in [-0.39, 0.29) is 61.0 Å². The zero-order valence-electron chi connectivity index (χ0n) is 55.5. The second-order valence-corrected chi connectivity index (χ2v) is 36.8. The van der Waals surface area contributed by atoms with E-state index in [1.807, 2.05) is 0 Å². The highest BCUT2D eigenvalue weighted by Crippen LogP contribution is 2.64. The Morgan fingerprint density at radius 3 is 1.14 bits per heavy atom. The molecule has 0 amide bonds. The largest absolute Gasteiger partial charge is 0.334 e. The average molecular weight is 1170 g/mol. The molecule has 444 valence electrons. The zero-order chi connectivity index (χ0) is 60.4. The lowest BCUT2D eigenvalue weighted by atomic mass is 9.39. The van der Waals surface area contributed by atoms with Gasteiger partial charge in [0.05, 0.1) is 16.9 Å². The number of anilines is 8. The van der Waals surface area contributed by atoms with E-state index in [1.54, 1.807) is 22.3 Å². The molecule has 1 saturated carbocycles. The van der Waals surface area contributed by atoms with E-state index in [0.29, 0.717) is 0 Å². The molecule has 5 aliphatic carbocycles. The van der Waals surface area contributed by atoms with Crippen LogP contribution >= 0.6 is 22.7 Å². The average Bonchev–Trinajstić information content (AvgIpc) is 1.44. The molecular weight excluding hydrogens is 1080 g/mol. The first-order valence-electron chi connectivity index (χ1n) is 33.5. The molecule has 0 radical (unpaired) electrons. The number of thiophene rings is 2. The Kier molecular flexibility index (Phi) is 11.3. The first kappa shape index (κ1) is 56.0. The second kappa shape index (κ2) is 17.3. The summed E-state index contributed by atoms with van der Waals surface area (Å²) < 4.78 is 5.87. The first-order valence-corrected chi connectivity index (χ1v) is 35.1. The Morgan fingerprint density at radius 1 is 0.337 bits per heavy atom. The molecule has 2 atom stereocenters. The highest BCUT2D eigenvalue weighted by molar-refractivity contribution is 7.40. The van der Waals surface area contributed by atoms with Gasteiger partial charge in [-0.15, -0.1) is 22.7 Å². The van der Waals surface area contributed by atoms with Crippen molar-refractivity contribution in [2.45, 2.75) is 256 Å². The standard InChI is InChI=1S/C80H94BN3S2/c1-71(2)31-33-73(5,6)55-39-47(25-27-52(55)71)82-62-41-49(84-61-24-20-19-23-54(61)79(17)29-21-22-30-80(79,84)18)42-63-66(62)81(69-67(82)50-43-57-59(45-64(50)85-69)77(13,14)37-35-75(57,9)10)70-68(51-44-58-60(46-65(51)86-70)78(15,16)38-36-76(58,11)12)83(63)48-26-28-53-56(40-48)74(7,8)34-32-72(53,3)4/h19-20,23-28,39-46H,21-22,29-38H2,1-18H3. The van der Waals surface area contributed by atoms with Crippen molar-refractivity contribution in [1.29, 1.82) is 0 Å². The van der Waals surface area contributed by atoms with Gasteiger partial charge in [-0.3, -0.25) is 0 Å². The third kappa shape index (κ3) is 7.38. The predicted molar refractivity (Wildman–Crippen MR) is 375 cm³/mol. The molecule has 2 unspecified atom stereocenters. The molecular formula is C80H94BN3S2. The van der Waals surface area contributed by atoms with Crippen molar-refractivity contribution in [3.05, 3.63) is 147 Å². The van der Waals surface area contributed by atoms with Crippen molar-refractivity contribution in [3.63, 3.8) is 0 Å². The molecule has 1 fully saturated rings. The van der Waals surface area contributed by atoms with Crippen LogP contribution in [0.5, 0.6) is 0 Å². The van der Waals surface area contributed by atoms with Crippen LogP contribution in [0.2, 0.25) is 0 Å². The van der Waals surface area contributed by atoms with Gasteiger partial charge in [-0.2, -0.15) is 0 Å². The van der Waals surface area contributed by atoms with Crippen LogP contribution in [0, 0.1) is 0 Å². The zero-order valence-corrected chi connectivity index (χ0v) is 57.1. The van der Waals surface area contributed by atoms with Crippen molar-refractivity contribution in [3.8, 4) is 0 Å². The van der Waals surface area contributed by atoms with E-state index in [9.17, 15) is 0 Å². The lowest BCUT2D eigenvalue weighted by Gasteiger charge is -2.51. The van der Waals surface area contributed by atoms with Crippen LogP contribution < -0.4 is 29.7 Å². The number of hydrogen-bond acceptors (Lipinski definition) is 5. The van der Waals surface area contributed by atoms with Gasteiger partial charge < -0.3 is 14.7 Å². The molecule has 8 aromatic rings. The summed E-state index contributed by atoms with van der Waals surface area (Å²) in [7, 11) is 0. The van der Waals surface area contributed by atoms with Crippen LogP contribution in [-0.4, -0.2) is 12.3 Å². The third-order valence-corrected chi connectivity index (χ3v) is 28.1. The fourth-order valence-electron chi connectivity index (χ4n) is 19.3. The van der Waals surface area contributed by atoms with Crippen LogP contribution in [0.25, 0.3) is 20.2 Å². The second-order valence-electron chi connectivity index (χ2n) is 34.6. The van der Waals surface area contributed by atoms with E-state index in [0.717, 1.165) is 6.42 Å². The fourth-order valence-corrected chi connectivity index (χ4v) is 22.0. The molecule has 86 heavy (non-hydrogen) atoms. The molecule has 5 heterocycles. The van der Waals surface area contributed by atoms with Crippen molar-refractivity contribution in [2.24, 2.45) is 0 Å². The summed E-state index contributed by atoms with van der Waals surface area (Å²) in [6, 6.07) is 41.5. The maximum atomic E-state index is 2.89. The number of para-hydroxylation sites is 1. The van der Waals surface area contributed by atoms with Gasteiger partial charge in [0, 0.05) is 69.3 Å². The molecule has 6 aromatic carbocycles. The number of rotatable bonds is 3. The van der Waals surface area contributed by atoms with Gasteiger partial charge in [-0.05, 0) is 237 Å². The monoisotopic (exact) mass is 1170 g/mol. The Labute approximate surface area is 524 Å². The Balaban J connectivity index is 1.09. The van der Waals surface area contributed by atoms with Gasteiger partial charge in [-0.1, -0.05) is 161 Å². The van der Waals surface area contributed by atoms with E-state index < -0.39 is 0 Å². The highest BCUT2D eigenvalue weighted by atomic mass is 32.1. The van der Waals surface area contributed by atoms with Crippen LogP contribution in [-0.2, 0) is 48.7 Å². The van der Waals surface area contributed by atoms with E-state index >= 15 is 0 Å². The smallest absolute Gasteiger partial charge is 0.277 e. The highest BCUT2D eigenvalue weighted by Gasteiger charge is 2.59. The van der Waals surface area contributed by atoms with Crippen molar-refractivity contribution >= 4 is 110 Å². The lowest BCUT2D eigenvalue weighted by molar-refractivity contribution is 0.195. The van der Waals surface area contributed by atoms with Gasteiger partial charge in [-0.25, -0.2) is 0 Å². The molecule has 8 aliphatic rings. The minimum Gasteiger partial charge on any atom is -0.334 e. The first-order chi connectivity index (χ1) is 40.3. The van der Waals surface area contributed by atoms with E-state index in [4.69, 9.17) is 0 Å². The normalized spacial score (nSPS) is 25.7. The quantitative estimate of drug-likeness (QED) is 0.163. The van der Waals surface area contributed by atoms with Crippen LogP contribution in [0.3, 0.4) is 0 Å². The summed E-state index contributed by atoms with van der Waals surface area (Å²) in [6.45, 7) is 45.6. The maximum Gasteiger partial charge on any atom is 0.277 e. The predicted octanol–water partition coefficient (Wildman–Crippen LogP) is 21.3. The number of benzene rings is 6. The fraction of sp³-hybridized carbons (Fsp3) is 0.500. The Morgan fingerprint density at radius 2 is 0.709 bits per heavy atom. The van der Waals surface area contributed by atoms with Crippen LogP contribution in [0.4, 0.5) is 45.5 Å². The lowest BCUT2D eigenvalue weighted by Crippen LogP contribution is -2.60. The van der Waals surface area contributed by atoms with Gasteiger partial charge in [0.1, 0.15) is 0 Å². The minimum absolute atomic E-state index is 0.00253.